The summed E-state index contributed by atoms with van der Waals surface area (Å²) >= 11 is 0. The van der Waals surface area contributed by atoms with Gasteiger partial charge < -0.3 is 39.8 Å². The van der Waals surface area contributed by atoms with Crippen LogP contribution in [-0.4, -0.2) is 30.6 Å². The average molecular weight is 695 g/mol. The summed E-state index contributed by atoms with van der Waals surface area (Å²) in [7, 11) is -6.89. The molecule has 0 aliphatic rings. The van der Waals surface area contributed by atoms with E-state index in [9.17, 15) is 39.8 Å². The highest BCUT2D eigenvalue weighted by atomic mass is 31.2. The molecule has 0 bridgehead atoms. The predicted octanol–water partition coefficient (Wildman–Crippen LogP) is 5.81. The Bertz CT molecular complexity index is 1960. The van der Waals surface area contributed by atoms with Crippen molar-refractivity contribution in [3.63, 3.8) is 0 Å². The third kappa shape index (κ3) is 6.66. The van der Waals surface area contributed by atoms with Crippen LogP contribution in [-0.2, 0) is 9.13 Å². The molecule has 250 valence electrons. The highest BCUT2D eigenvalue weighted by Gasteiger charge is 2.38. The molecule has 0 amide bonds. The number of para-hydroxylation sites is 3. The molecule has 6 rings (SSSR count). The van der Waals surface area contributed by atoms with Crippen molar-refractivity contribution in [3.8, 4) is 34.5 Å². The lowest BCUT2D eigenvalue weighted by atomic mass is 10.2. The van der Waals surface area contributed by atoms with Crippen molar-refractivity contribution in [2.75, 3.05) is 0 Å². The van der Waals surface area contributed by atoms with Crippen LogP contribution in [0, 0.1) is 20.8 Å². The number of phenolic OH excluding ortho intramolecular Hbond substituents is 6. The van der Waals surface area contributed by atoms with E-state index in [4.69, 9.17) is 0 Å². The summed E-state index contributed by atoms with van der Waals surface area (Å²) in [6, 6.07) is 33.7. The Hall–Kier alpha value is -5.42. The highest BCUT2D eigenvalue weighted by molar-refractivity contribution is 7.86. The van der Waals surface area contributed by atoms with Crippen molar-refractivity contribution in [1.82, 2.24) is 0 Å². The molecule has 6 aromatic carbocycles. The molecular formula is C39H36O8P2. The second kappa shape index (κ2) is 14.0. The zero-order chi connectivity index (χ0) is 35.5. The SMILES string of the molecule is Cc1cccc(P(=O)(c2cccc(C)c2O)c2cccc(C)c2O)c1O.O=P(c1ccc(O)cc1)(c1ccc(O)cc1)c1ccc(O)cc1. The summed E-state index contributed by atoms with van der Waals surface area (Å²) in [6.45, 7) is 5.15. The van der Waals surface area contributed by atoms with E-state index in [-0.39, 0.29) is 50.4 Å². The minimum atomic E-state index is -3.72. The van der Waals surface area contributed by atoms with Gasteiger partial charge in [0, 0.05) is 15.9 Å². The molecule has 0 aliphatic heterocycles. The largest absolute Gasteiger partial charge is 0.508 e. The van der Waals surface area contributed by atoms with E-state index in [1.165, 1.54) is 36.4 Å². The molecule has 0 spiro atoms. The summed E-state index contributed by atoms with van der Waals surface area (Å²) in [5.74, 6) is -0.0157. The van der Waals surface area contributed by atoms with Crippen LogP contribution < -0.4 is 31.8 Å². The van der Waals surface area contributed by atoms with Gasteiger partial charge in [0.15, 0.2) is 14.3 Å². The van der Waals surface area contributed by atoms with Crippen molar-refractivity contribution in [3.05, 3.63) is 144 Å². The zero-order valence-electron chi connectivity index (χ0n) is 27.0. The predicted molar refractivity (Wildman–Crippen MR) is 196 cm³/mol. The molecule has 6 aromatic rings. The molecule has 0 heterocycles. The number of rotatable bonds is 6. The Balaban J connectivity index is 0.000000192. The van der Waals surface area contributed by atoms with Crippen molar-refractivity contribution in [1.29, 1.82) is 0 Å². The quantitative estimate of drug-likeness (QED) is 0.119. The molecule has 10 heteroatoms. The Labute approximate surface area is 284 Å². The molecule has 49 heavy (non-hydrogen) atoms. The minimum Gasteiger partial charge on any atom is -0.508 e. The monoisotopic (exact) mass is 694 g/mol. The van der Waals surface area contributed by atoms with Crippen LogP contribution in [0.15, 0.2) is 127 Å². The van der Waals surface area contributed by atoms with Gasteiger partial charge in [-0.15, -0.1) is 0 Å². The van der Waals surface area contributed by atoms with Gasteiger partial charge in [-0.25, -0.2) is 0 Å². The molecule has 0 fully saturated rings. The standard InChI is InChI=1S/C21H21O4P.C18H15O4P/c1-13-7-4-10-16(19(13)22)26(25,17-11-5-8-14(2)20(17)23)18-12-6-9-15(3)21(18)24;19-13-1-7-16(8-2-13)23(22,17-9-3-14(20)4-10-17)18-11-5-15(21)6-12-18/h4-12,22-24H,1-3H3;1-12,19-21H. The first-order chi connectivity index (χ1) is 23.3. The van der Waals surface area contributed by atoms with E-state index in [2.05, 4.69) is 0 Å². The third-order valence-electron chi connectivity index (χ3n) is 8.31. The van der Waals surface area contributed by atoms with Gasteiger partial charge in [-0.05, 0) is 128 Å². The fraction of sp³-hybridized carbons (Fsp3) is 0.0769. The summed E-state index contributed by atoms with van der Waals surface area (Å²) in [5, 5.41) is 62.6. The number of aromatic hydroxyl groups is 6. The molecular weight excluding hydrogens is 658 g/mol. The fourth-order valence-electron chi connectivity index (χ4n) is 5.52. The molecule has 0 unspecified atom stereocenters. The molecule has 0 atom stereocenters. The van der Waals surface area contributed by atoms with E-state index in [0.717, 1.165) is 0 Å². The number of hydrogen-bond acceptors (Lipinski definition) is 8. The Morgan fingerprint density at radius 2 is 0.592 bits per heavy atom. The van der Waals surface area contributed by atoms with E-state index < -0.39 is 14.3 Å². The van der Waals surface area contributed by atoms with Crippen molar-refractivity contribution in [2.24, 2.45) is 0 Å². The van der Waals surface area contributed by atoms with Crippen molar-refractivity contribution < 1.29 is 39.8 Å². The lowest BCUT2D eigenvalue weighted by molar-refractivity contribution is 0.471. The second-order valence-electron chi connectivity index (χ2n) is 11.6. The van der Waals surface area contributed by atoms with Crippen LogP contribution in [0.2, 0.25) is 0 Å². The van der Waals surface area contributed by atoms with Crippen molar-refractivity contribution >= 4 is 46.1 Å². The van der Waals surface area contributed by atoms with E-state index in [1.54, 1.807) is 112 Å². The fourth-order valence-corrected chi connectivity index (χ4v) is 11.2. The van der Waals surface area contributed by atoms with E-state index >= 15 is 0 Å². The van der Waals surface area contributed by atoms with Gasteiger partial charge >= 0.3 is 0 Å². The molecule has 0 aliphatic carbocycles. The Morgan fingerprint density at radius 3 is 0.837 bits per heavy atom. The smallest absolute Gasteiger partial charge is 0.181 e. The molecule has 8 nitrogen and oxygen atoms in total. The maximum Gasteiger partial charge on any atom is 0.181 e. The zero-order valence-corrected chi connectivity index (χ0v) is 28.8. The van der Waals surface area contributed by atoms with Gasteiger partial charge in [0.1, 0.15) is 34.5 Å². The second-order valence-corrected chi connectivity index (χ2v) is 17.0. The topological polar surface area (TPSA) is 156 Å². The number of aryl methyl sites for hydroxylation is 3. The number of hydrogen-bond donors (Lipinski definition) is 6. The van der Waals surface area contributed by atoms with Gasteiger partial charge in [-0.3, -0.25) is 0 Å². The van der Waals surface area contributed by atoms with Gasteiger partial charge in [-0.1, -0.05) is 36.4 Å². The number of phenols is 6. The van der Waals surface area contributed by atoms with Crippen LogP contribution in [0.25, 0.3) is 0 Å². The first-order valence-corrected chi connectivity index (χ1v) is 18.7. The lowest BCUT2D eigenvalue weighted by Crippen LogP contribution is -2.26. The first-order valence-electron chi connectivity index (χ1n) is 15.2. The summed E-state index contributed by atoms with van der Waals surface area (Å²) in [6.07, 6.45) is 0. The average Bonchev–Trinajstić information content (AvgIpc) is 3.09. The molecule has 0 saturated carbocycles. The van der Waals surface area contributed by atoms with Crippen LogP contribution in [0.1, 0.15) is 16.7 Å². The molecule has 6 N–H and O–H groups in total. The van der Waals surface area contributed by atoms with Crippen LogP contribution >= 0.6 is 14.3 Å². The van der Waals surface area contributed by atoms with Gasteiger partial charge in [0.05, 0.1) is 15.9 Å². The Kier molecular flexibility index (Phi) is 9.95. The summed E-state index contributed by atoms with van der Waals surface area (Å²) in [4.78, 5) is 0. The first kappa shape index (κ1) is 34.9. The summed E-state index contributed by atoms with van der Waals surface area (Å²) < 4.78 is 28.4. The van der Waals surface area contributed by atoms with Gasteiger partial charge in [-0.2, -0.15) is 0 Å². The third-order valence-corrected chi connectivity index (χ3v) is 14.5. The van der Waals surface area contributed by atoms with Crippen LogP contribution in [0.3, 0.4) is 0 Å². The lowest BCUT2D eigenvalue weighted by Gasteiger charge is -2.24. The van der Waals surface area contributed by atoms with Crippen LogP contribution in [0.4, 0.5) is 0 Å². The Morgan fingerprint density at radius 1 is 0.347 bits per heavy atom. The van der Waals surface area contributed by atoms with Gasteiger partial charge in [0.25, 0.3) is 0 Å². The summed E-state index contributed by atoms with van der Waals surface area (Å²) in [5.41, 5.74) is 1.71. The molecule has 0 saturated heterocycles. The molecule has 0 aromatic heterocycles. The maximum absolute atomic E-state index is 14.5. The van der Waals surface area contributed by atoms with E-state index in [1.807, 2.05) is 0 Å². The van der Waals surface area contributed by atoms with Crippen LogP contribution in [0.5, 0.6) is 34.5 Å². The van der Waals surface area contributed by atoms with Gasteiger partial charge in [0.2, 0.25) is 0 Å². The van der Waals surface area contributed by atoms with E-state index in [0.29, 0.717) is 32.6 Å². The number of benzene rings is 6. The maximum atomic E-state index is 14.5. The normalized spacial score (nSPS) is 11.4. The molecule has 0 radical (unpaired) electrons. The minimum absolute atomic E-state index is 0.0942. The van der Waals surface area contributed by atoms with Crippen molar-refractivity contribution in [2.45, 2.75) is 20.8 Å². The highest BCUT2D eigenvalue weighted by Crippen LogP contribution is 2.50.